The first-order valence-electron chi connectivity index (χ1n) is 10.1. The molecule has 0 aromatic heterocycles. The van der Waals surface area contributed by atoms with Crippen molar-refractivity contribution in [1.82, 2.24) is 0 Å². The number of hydrogen-bond acceptors (Lipinski definition) is 3. The summed E-state index contributed by atoms with van der Waals surface area (Å²) in [4.78, 5) is 13.1. The molecule has 1 amide bonds. The fourth-order valence-corrected chi connectivity index (χ4v) is 4.86. The van der Waals surface area contributed by atoms with Crippen molar-refractivity contribution in [3.63, 3.8) is 0 Å². The van der Waals surface area contributed by atoms with Crippen molar-refractivity contribution in [3.8, 4) is 0 Å². The van der Waals surface area contributed by atoms with Gasteiger partial charge < -0.3 is 5.32 Å². The maximum absolute atomic E-state index is 13.5. The fourth-order valence-electron chi connectivity index (χ4n) is 3.45. The summed E-state index contributed by atoms with van der Waals surface area (Å²) in [7, 11) is -3.94. The number of benzene rings is 3. The summed E-state index contributed by atoms with van der Waals surface area (Å²) in [5.74, 6) is -0.399. The van der Waals surface area contributed by atoms with Crippen molar-refractivity contribution in [2.45, 2.75) is 39.5 Å². The van der Waals surface area contributed by atoms with E-state index in [1.165, 1.54) is 4.31 Å². The van der Waals surface area contributed by atoms with E-state index in [1.807, 2.05) is 58.9 Å². The SMILES string of the molecule is Cc1ccc(S(=O)(=O)N(CC(=O)Nc2cccc(C)c2C)c2cc(C)cc(C)c2)cc1. The second kappa shape index (κ2) is 8.94. The van der Waals surface area contributed by atoms with Crippen LogP contribution in [0.5, 0.6) is 0 Å². The number of carbonyl (C=O) groups is 1. The molecule has 0 unspecified atom stereocenters. The largest absolute Gasteiger partial charge is 0.324 e. The normalized spacial score (nSPS) is 11.3. The van der Waals surface area contributed by atoms with E-state index >= 15 is 0 Å². The van der Waals surface area contributed by atoms with Gasteiger partial charge in [0.05, 0.1) is 10.6 Å². The third-order valence-electron chi connectivity index (χ3n) is 5.27. The number of aryl methyl sites for hydroxylation is 4. The van der Waals surface area contributed by atoms with Gasteiger partial charge in [-0.1, -0.05) is 35.9 Å². The van der Waals surface area contributed by atoms with Crippen LogP contribution in [0.1, 0.15) is 27.8 Å². The lowest BCUT2D eigenvalue weighted by molar-refractivity contribution is -0.114. The maximum Gasteiger partial charge on any atom is 0.264 e. The highest BCUT2D eigenvalue weighted by Crippen LogP contribution is 2.26. The van der Waals surface area contributed by atoms with Crippen LogP contribution < -0.4 is 9.62 Å². The molecule has 0 saturated carbocycles. The van der Waals surface area contributed by atoms with Gasteiger partial charge in [0.2, 0.25) is 5.91 Å². The molecule has 0 spiro atoms. The van der Waals surface area contributed by atoms with E-state index in [9.17, 15) is 13.2 Å². The minimum Gasteiger partial charge on any atom is -0.324 e. The van der Waals surface area contributed by atoms with Gasteiger partial charge in [-0.05, 0) is 87.2 Å². The Morgan fingerprint density at radius 2 is 1.45 bits per heavy atom. The van der Waals surface area contributed by atoms with Crippen molar-refractivity contribution in [3.05, 3.63) is 88.5 Å². The average molecular weight is 437 g/mol. The number of nitrogens with one attached hydrogen (secondary N) is 1. The average Bonchev–Trinajstić information content (AvgIpc) is 2.69. The third-order valence-corrected chi connectivity index (χ3v) is 7.06. The molecule has 0 aliphatic carbocycles. The number of rotatable bonds is 6. The summed E-state index contributed by atoms with van der Waals surface area (Å²) in [6, 6.07) is 17.8. The van der Waals surface area contributed by atoms with E-state index in [1.54, 1.807) is 36.4 Å². The van der Waals surface area contributed by atoms with Crippen LogP contribution in [-0.2, 0) is 14.8 Å². The molecule has 31 heavy (non-hydrogen) atoms. The van der Waals surface area contributed by atoms with E-state index in [4.69, 9.17) is 0 Å². The molecule has 162 valence electrons. The summed E-state index contributed by atoms with van der Waals surface area (Å²) < 4.78 is 28.2. The molecule has 0 heterocycles. The zero-order valence-corrected chi connectivity index (χ0v) is 19.4. The van der Waals surface area contributed by atoms with E-state index in [-0.39, 0.29) is 11.4 Å². The van der Waals surface area contributed by atoms with Gasteiger partial charge in [0.25, 0.3) is 10.0 Å². The summed E-state index contributed by atoms with van der Waals surface area (Å²) in [5.41, 5.74) is 5.96. The molecule has 0 fully saturated rings. The monoisotopic (exact) mass is 436 g/mol. The Labute approximate surface area is 184 Å². The Kier molecular flexibility index (Phi) is 6.51. The van der Waals surface area contributed by atoms with Crippen LogP contribution in [0, 0.1) is 34.6 Å². The van der Waals surface area contributed by atoms with Crippen molar-refractivity contribution < 1.29 is 13.2 Å². The fraction of sp³-hybridized carbons (Fsp3) is 0.240. The van der Waals surface area contributed by atoms with Crippen LogP contribution in [0.4, 0.5) is 11.4 Å². The number of hydrogen-bond donors (Lipinski definition) is 1. The Morgan fingerprint density at radius 1 is 0.839 bits per heavy atom. The van der Waals surface area contributed by atoms with Crippen LogP contribution in [0.3, 0.4) is 0 Å². The molecule has 3 rings (SSSR count). The molecule has 3 aromatic carbocycles. The molecule has 0 radical (unpaired) electrons. The first-order chi connectivity index (χ1) is 14.6. The molecule has 0 aliphatic heterocycles. The van der Waals surface area contributed by atoms with Crippen LogP contribution in [-0.4, -0.2) is 20.9 Å². The molecule has 0 aliphatic rings. The van der Waals surface area contributed by atoms with Crippen molar-refractivity contribution in [2.24, 2.45) is 0 Å². The topological polar surface area (TPSA) is 66.5 Å². The molecule has 0 atom stereocenters. The zero-order chi connectivity index (χ0) is 22.8. The molecule has 6 heteroatoms. The summed E-state index contributed by atoms with van der Waals surface area (Å²) in [6.07, 6.45) is 0. The van der Waals surface area contributed by atoms with Gasteiger partial charge >= 0.3 is 0 Å². The standard InChI is InChI=1S/C25H28N2O3S/c1-17-9-11-23(12-10-17)31(29,30)27(22-14-18(2)13-19(3)15-22)16-25(28)26-24-8-6-7-20(4)21(24)5/h6-15H,16H2,1-5H3,(H,26,28). The van der Waals surface area contributed by atoms with Crippen LogP contribution >= 0.6 is 0 Å². The van der Waals surface area contributed by atoms with Gasteiger partial charge in [-0.15, -0.1) is 0 Å². The molecule has 0 saturated heterocycles. The van der Waals surface area contributed by atoms with Gasteiger partial charge in [0, 0.05) is 5.69 Å². The van der Waals surface area contributed by atoms with Crippen molar-refractivity contribution in [2.75, 3.05) is 16.2 Å². The summed E-state index contributed by atoms with van der Waals surface area (Å²) >= 11 is 0. The second-order valence-electron chi connectivity index (χ2n) is 7.97. The lowest BCUT2D eigenvalue weighted by Gasteiger charge is -2.25. The molecule has 0 bridgehead atoms. The van der Waals surface area contributed by atoms with Crippen LogP contribution in [0.2, 0.25) is 0 Å². The van der Waals surface area contributed by atoms with Gasteiger partial charge in [0.1, 0.15) is 6.54 Å². The van der Waals surface area contributed by atoms with Crippen molar-refractivity contribution >= 4 is 27.3 Å². The Bertz CT molecular complexity index is 1200. The highest BCUT2D eigenvalue weighted by atomic mass is 32.2. The highest BCUT2D eigenvalue weighted by molar-refractivity contribution is 7.92. The van der Waals surface area contributed by atoms with Crippen LogP contribution in [0.25, 0.3) is 0 Å². The Hall–Kier alpha value is -3.12. The predicted molar refractivity (Wildman–Crippen MR) is 126 cm³/mol. The van der Waals surface area contributed by atoms with E-state index in [0.717, 1.165) is 27.8 Å². The quantitative estimate of drug-likeness (QED) is 0.587. The number of anilines is 2. The molecule has 1 N–H and O–H groups in total. The summed E-state index contributed by atoms with van der Waals surface area (Å²) in [5, 5.41) is 2.87. The predicted octanol–water partition coefficient (Wildman–Crippen LogP) is 5.06. The Morgan fingerprint density at radius 3 is 2.06 bits per heavy atom. The minimum atomic E-state index is -3.94. The minimum absolute atomic E-state index is 0.150. The summed E-state index contributed by atoms with van der Waals surface area (Å²) in [6.45, 7) is 9.28. The smallest absolute Gasteiger partial charge is 0.264 e. The van der Waals surface area contributed by atoms with Crippen molar-refractivity contribution in [1.29, 1.82) is 0 Å². The van der Waals surface area contributed by atoms with Gasteiger partial charge in [-0.2, -0.15) is 0 Å². The maximum atomic E-state index is 13.5. The van der Waals surface area contributed by atoms with E-state index in [0.29, 0.717) is 11.4 Å². The van der Waals surface area contributed by atoms with Gasteiger partial charge in [-0.25, -0.2) is 8.42 Å². The molecular formula is C25H28N2O3S. The lowest BCUT2D eigenvalue weighted by Crippen LogP contribution is -2.38. The van der Waals surface area contributed by atoms with Gasteiger partial charge in [0.15, 0.2) is 0 Å². The van der Waals surface area contributed by atoms with E-state index in [2.05, 4.69) is 5.32 Å². The zero-order valence-electron chi connectivity index (χ0n) is 18.6. The number of sulfonamides is 1. The Balaban J connectivity index is 2.00. The van der Waals surface area contributed by atoms with Crippen LogP contribution in [0.15, 0.2) is 65.6 Å². The first-order valence-corrected chi connectivity index (χ1v) is 11.6. The molecular weight excluding hydrogens is 408 g/mol. The van der Waals surface area contributed by atoms with Gasteiger partial charge in [-0.3, -0.25) is 9.10 Å². The molecule has 5 nitrogen and oxygen atoms in total. The second-order valence-corrected chi connectivity index (χ2v) is 9.83. The number of amides is 1. The molecule has 3 aromatic rings. The van der Waals surface area contributed by atoms with E-state index < -0.39 is 15.9 Å². The number of nitrogens with zero attached hydrogens (tertiary/aromatic N) is 1. The number of carbonyl (C=O) groups excluding carboxylic acids is 1. The lowest BCUT2D eigenvalue weighted by atomic mass is 10.1. The first kappa shape index (κ1) is 22.6. The third kappa shape index (κ3) is 5.14. The highest BCUT2D eigenvalue weighted by Gasteiger charge is 2.27.